The summed E-state index contributed by atoms with van der Waals surface area (Å²) in [7, 11) is 0. The first-order chi connectivity index (χ1) is 13.2. The maximum atomic E-state index is 12.7. The lowest BCUT2D eigenvalue weighted by atomic mass is 9.93. The second-order valence-electron chi connectivity index (χ2n) is 6.84. The Hall–Kier alpha value is -2.39. The summed E-state index contributed by atoms with van der Waals surface area (Å²) in [6.45, 7) is 0.641. The second kappa shape index (κ2) is 8.10. The molecule has 4 rings (SSSR count). The summed E-state index contributed by atoms with van der Waals surface area (Å²) in [4.78, 5) is 12.5. The molecule has 0 heterocycles. The number of halogens is 1. The number of ether oxygens (including phenoxy) is 1. The lowest BCUT2D eigenvalue weighted by Gasteiger charge is -2.15. The van der Waals surface area contributed by atoms with Gasteiger partial charge in [0.2, 0.25) is 0 Å². The van der Waals surface area contributed by atoms with Gasteiger partial charge in [-0.25, -0.2) is 0 Å². The van der Waals surface area contributed by atoms with E-state index in [-0.39, 0.29) is 16.5 Å². The highest BCUT2D eigenvalue weighted by Gasteiger charge is 2.39. The Morgan fingerprint density at radius 1 is 0.889 bits per heavy atom. The van der Waals surface area contributed by atoms with Gasteiger partial charge in [-0.3, -0.25) is 4.79 Å². The summed E-state index contributed by atoms with van der Waals surface area (Å²) in [5.74, 6) is 0.956. The molecule has 2 atom stereocenters. The van der Waals surface area contributed by atoms with E-state index in [4.69, 9.17) is 4.74 Å². The molecule has 3 heteroatoms. The largest absolute Gasteiger partial charge is 0.494 e. The highest BCUT2D eigenvalue weighted by atomic mass is 79.9. The van der Waals surface area contributed by atoms with Crippen molar-refractivity contribution in [1.82, 2.24) is 0 Å². The van der Waals surface area contributed by atoms with E-state index in [1.165, 1.54) is 5.56 Å². The average molecular weight is 421 g/mol. The van der Waals surface area contributed by atoms with Gasteiger partial charge in [0.15, 0.2) is 5.78 Å². The van der Waals surface area contributed by atoms with Gasteiger partial charge in [0.05, 0.1) is 11.4 Å². The molecule has 136 valence electrons. The maximum Gasteiger partial charge on any atom is 0.177 e. The molecule has 0 aliphatic heterocycles. The summed E-state index contributed by atoms with van der Waals surface area (Å²) >= 11 is 3.61. The number of ketones is 1. The zero-order chi connectivity index (χ0) is 18.6. The number of Topliss-reactive ketones (excluding diaryl/α,β-unsaturated/α-hetero) is 1. The lowest BCUT2D eigenvalue weighted by Crippen LogP contribution is -2.13. The zero-order valence-corrected chi connectivity index (χ0v) is 16.6. The molecule has 0 bridgehead atoms. The van der Waals surface area contributed by atoms with E-state index >= 15 is 0 Å². The van der Waals surface area contributed by atoms with Crippen molar-refractivity contribution in [2.75, 3.05) is 6.61 Å². The molecule has 0 saturated heterocycles. The summed E-state index contributed by atoms with van der Waals surface area (Å²) in [5.41, 5.74) is 4.32. The number of hydrogen-bond acceptors (Lipinski definition) is 2. The quantitative estimate of drug-likeness (QED) is 0.372. The van der Waals surface area contributed by atoms with Crippen molar-refractivity contribution < 1.29 is 9.53 Å². The van der Waals surface area contributed by atoms with Crippen LogP contribution in [0.3, 0.4) is 0 Å². The normalized spacial score (nSPS) is 18.3. The standard InChI is InChI=1S/C24H21BrO2/c25-23-22(18-11-5-2-6-12-18)20-14-13-19(16-21(20)24(23)26)27-15-7-10-17-8-3-1-4-9-17/h1-6,8-9,11-14,16,22-23H,7,10,15H2. The molecular formula is C24H21BrO2. The molecule has 2 unspecified atom stereocenters. The number of aryl methyl sites for hydroxylation is 1. The highest BCUT2D eigenvalue weighted by Crippen LogP contribution is 2.43. The van der Waals surface area contributed by atoms with Crippen molar-refractivity contribution in [2.24, 2.45) is 0 Å². The zero-order valence-electron chi connectivity index (χ0n) is 15.0. The van der Waals surface area contributed by atoms with Gasteiger partial charge in [0.1, 0.15) is 5.75 Å². The van der Waals surface area contributed by atoms with Crippen molar-refractivity contribution in [3.8, 4) is 5.75 Å². The van der Waals surface area contributed by atoms with Crippen LogP contribution in [-0.4, -0.2) is 17.2 Å². The van der Waals surface area contributed by atoms with Crippen molar-refractivity contribution in [3.63, 3.8) is 0 Å². The third kappa shape index (κ3) is 3.84. The van der Waals surface area contributed by atoms with Crippen molar-refractivity contribution in [3.05, 3.63) is 101 Å². The van der Waals surface area contributed by atoms with Crippen LogP contribution >= 0.6 is 15.9 Å². The van der Waals surface area contributed by atoms with E-state index in [0.717, 1.165) is 35.3 Å². The number of fused-ring (bicyclic) bond motifs is 1. The predicted molar refractivity (Wildman–Crippen MR) is 112 cm³/mol. The van der Waals surface area contributed by atoms with E-state index in [1.807, 2.05) is 42.5 Å². The Bertz CT molecular complexity index is 922. The van der Waals surface area contributed by atoms with Crippen LogP contribution in [0.2, 0.25) is 0 Å². The number of rotatable bonds is 6. The molecule has 1 aliphatic carbocycles. The molecule has 27 heavy (non-hydrogen) atoms. The molecule has 2 nitrogen and oxygen atoms in total. The number of hydrogen-bond donors (Lipinski definition) is 0. The van der Waals surface area contributed by atoms with Crippen LogP contribution in [0, 0.1) is 0 Å². The predicted octanol–water partition coefficient (Wildman–Crippen LogP) is 5.79. The molecule has 0 radical (unpaired) electrons. The molecule has 3 aromatic carbocycles. The maximum absolute atomic E-state index is 12.7. The molecule has 0 fully saturated rings. The van der Waals surface area contributed by atoms with E-state index in [0.29, 0.717) is 6.61 Å². The SMILES string of the molecule is O=C1c2cc(OCCCc3ccccc3)ccc2C(c2ccccc2)C1Br. The lowest BCUT2D eigenvalue weighted by molar-refractivity contribution is 0.0999. The van der Waals surface area contributed by atoms with Gasteiger partial charge >= 0.3 is 0 Å². The smallest absolute Gasteiger partial charge is 0.177 e. The molecule has 0 amide bonds. The third-order valence-corrected chi connectivity index (χ3v) is 5.99. The van der Waals surface area contributed by atoms with Crippen molar-refractivity contribution in [1.29, 1.82) is 0 Å². The second-order valence-corrected chi connectivity index (χ2v) is 7.83. The summed E-state index contributed by atoms with van der Waals surface area (Å²) < 4.78 is 5.91. The Morgan fingerprint density at radius 3 is 2.33 bits per heavy atom. The third-order valence-electron chi connectivity index (χ3n) is 5.05. The number of alkyl halides is 1. The summed E-state index contributed by atoms with van der Waals surface area (Å²) in [5, 5.41) is 0. The molecular weight excluding hydrogens is 400 g/mol. The number of carbonyl (C=O) groups excluding carboxylic acids is 1. The van der Waals surface area contributed by atoms with Crippen LogP contribution in [0.5, 0.6) is 5.75 Å². The minimum Gasteiger partial charge on any atom is -0.494 e. The first kappa shape index (κ1) is 18.0. The first-order valence-corrected chi connectivity index (χ1v) is 10.2. The highest BCUT2D eigenvalue weighted by molar-refractivity contribution is 9.10. The fourth-order valence-electron chi connectivity index (χ4n) is 3.69. The minimum atomic E-state index is -0.219. The average Bonchev–Trinajstić information content (AvgIpc) is 2.97. The van der Waals surface area contributed by atoms with Crippen LogP contribution in [0.15, 0.2) is 78.9 Å². The van der Waals surface area contributed by atoms with E-state index < -0.39 is 0 Å². The molecule has 1 aliphatic rings. The molecule has 0 N–H and O–H groups in total. The van der Waals surface area contributed by atoms with Crippen LogP contribution in [0.4, 0.5) is 0 Å². The van der Waals surface area contributed by atoms with Gasteiger partial charge in [-0.15, -0.1) is 0 Å². The fraction of sp³-hybridized carbons (Fsp3) is 0.208. The number of benzene rings is 3. The molecule has 3 aromatic rings. The van der Waals surface area contributed by atoms with Crippen LogP contribution in [0.25, 0.3) is 0 Å². The summed E-state index contributed by atoms with van der Waals surface area (Å²) in [6, 6.07) is 26.5. The number of carbonyl (C=O) groups is 1. The molecule has 0 spiro atoms. The van der Waals surface area contributed by atoms with E-state index in [2.05, 4.69) is 52.3 Å². The van der Waals surface area contributed by atoms with Gasteiger partial charge in [-0.2, -0.15) is 0 Å². The Labute approximate surface area is 168 Å². The van der Waals surface area contributed by atoms with Crippen LogP contribution in [0.1, 0.15) is 39.4 Å². The fourth-order valence-corrected chi connectivity index (χ4v) is 4.52. The van der Waals surface area contributed by atoms with Crippen LogP contribution < -0.4 is 4.74 Å². The summed E-state index contributed by atoms with van der Waals surface area (Å²) in [6.07, 6.45) is 1.94. The first-order valence-electron chi connectivity index (χ1n) is 9.28. The Kier molecular flexibility index (Phi) is 5.40. The van der Waals surface area contributed by atoms with Gasteiger partial charge < -0.3 is 4.74 Å². The van der Waals surface area contributed by atoms with Gasteiger partial charge in [0.25, 0.3) is 0 Å². The van der Waals surface area contributed by atoms with Crippen LogP contribution in [-0.2, 0) is 6.42 Å². The van der Waals surface area contributed by atoms with Gasteiger partial charge in [-0.05, 0) is 41.7 Å². The Balaban J connectivity index is 1.45. The van der Waals surface area contributed by atoms with Crippen molar-refractivity contribution in [2.45, 2.75) is 23.6 Å². The van der Waals surface area contributed by atoms with E-state index in [1.54, 1.807) is 0 Å². The minimum absolute atomic E-state index is 0.0563. The molecule has 0 saturated carbocycles. The van der Waals surface area contributed by atoms with Gasteiger partial charge in [0, 0.05) is 11.5 Å². The van der Waals surface area contributed by atoms with E-state index in [9.17, 15) is 4.79 Å². The van der Waals surface area contributed by atoms with Gasteiger partial charge in [-0.1, -0.05) is 82.7 Å². The topological polar surface area (TPSA) is 26.3 Å². The monoisotopic (exact) mass is 420 g/mol. The Morgan fingerprint density at radius 2 is 1.59 bits per heavy atom. The van der Waals surface area contributed by atoms with Crippen molar-refractivity contribution >= 4 is 21.7 Å². The molecule has 0 aromatic heterocycles.